The lowest BCUT2D eigenvalue weighted by Gasteiger charge is -2.31. The zero-order valence-corrected chi connectivity index (χ0v) is 25.0. The normalized spacial score (nSPS) is 19.5. The summed E-state index contributed by atoms with van der Waals surface area (Å²) in [5, 5.41) is 2.24. The lowest BCUT2D eigenvalue weighted by molar-refractivity contribution is -0.137. The van der Waals surface area contributed by atoms with Crippen molar-refractivity contribution >= 4 is 63.8 Å². The highest BCUT2D eigenvalue weighted by Gasteiger charge is 2.57. The molecule has 226 valence electrons. The van der Waals surface area contributed by atoms with Crippen molar-refractivity contribution in [2.24, 2.45) is 5.92 Å². The number of anilines is 2. The molecule has 8 nitrogen and oxygen atoms in total. The van der Waals surface area contributed by atoms with Gasteiger partial charge in [-0.2, -0.15) is 13.2 Å². The molecule has 3 amide bonds. The summed E-state index contributed by atoms with van der Waals surface area (Å²) in [5.41, 5.74) is -0.0834. The molecule has 1 aromatic heterocycles. The molecule has 3 aromatic carbocycles. The predicted octanol–water partition coefficient (Wildman–Crippen LogP) is 6.03. The van der Waals surface area contributed by atoms with Crippen molar-refractivity contribution in [1.82, 2.24) is 4.57 Å². The first-order valence-corrected chi connectivity index (χ1v) is 15.2. The summed E-state index contributed by atoms with van der Waals surface area (Å²) in [6.07, 6.45) is -4.60. The molecule has 3 heterocycles. The van der Waals surface area contributed by atoms with Gasteiger partial charge in [0.2, 0.25) is 17.7 Å². The van der Waals surface area contributed by atoms with E-state index in [1.807, 2.05) is 0 Å². The van der Waals surface area contributed by atoms with Gasteiger partial charge in [0.05, 0.1) is 29.3 Å². The molecule has 14 heteroatoms. The third kappa shape index (κ3) is 5.29. The molecule has 1 fully saturated rings. The molecule has 0 bridgehead atoms. The van der Waals surface area contributed by atoms with E-state index in [1.54, 1.807) is 48.5 Å². The number of thioether (sulfide) groups is 1. The third-order valence-corrected chi connectivity index (χ3v) is 10.2. The molecule has 0 aliphatic carbocycles. The number of alkyl halides is 3. The van der Waals surface area contributed by atoms with Crippen molar-refractivity contribution in [2.75, 3.05) is 17.3 Å². The Morgan fingerprint density at radius 2 is 1.73 bits per heavy atom. The smallest absolute Gasteiger partial charge is 0.416 e. The highest BCUT2D eigenvalue weighted by atomic mass is 35.5. The van der Waals surface area contributed by atoms with E-state index in [9.17, 15) is 32.3 Å². The van der Waals surface area contributed by atoms with Crippen LogP contribution in [0.1, 0.15) is 21.9 Å². The summed E-state index contributed by atoms with van der Waals surface area (Å²) >= 11 is 7.90. The number of carbonyl (C=O) groups excluding carboxylic acids is 3. The molecule has 6 rings (SSSR count). The van der Waals surface area contributed by atoms with Crippen LogP contribution in [0, 0.1) is 5.92 Å². The first-order valence-electron chi connectivity index (χ1n) is 13.1. The van der Waals surface area contributed by atoms with E-state index in [4.69, 9.17) is 16.3 Å². The Morgan fingerprint density at radius 1 is 1.00 bits per heavy atom. The summed E-state index contributed by atoms with van der Waals surface area (Å²) in [5.74, 6) is -2.87. The average molecular weight is 660 g/mol. The standard InChI is InChI=1S/C30H21ClF3N3O5S2/c1-42-20-8-3-2-7-19(20)22-23-24(27(40)37(26(23)39)18-11-9-16(31)10-12-18)43-28-25(22)44-29(41)36(28)14-21(38)35-17-6-4-5-15(13-17)30(32,33)34/h2-13,22-24H,14H2,1H3,(H,35,38). The molecular weight excluding hydrogens is 639 g/mol. The van der Waals surface area contributed by atoms with E-state index in [0.29, 0.717) is 31.9 Å². The van der Waals surface area contributed by atoms with Gasteiger partial charge in [0.15, 0.2) is 0 Å². The van der Waals surface area contributed by atoms with Crippen LogP contribution >= 0.6 is 34.7 Å². The summed E-state index contributed by atoms with van der Waals surface area (Å²) in [6, 6.07) is 17.4. The first-order chi connectivity index (χ1) is 21.0. The Morgan fingerprint density at radius 3 is 2.43 bits per heavy atom. The van der Waals surface area contributed by atoms with Gasteiger partial charge in [-0.05, 0) is 48.5 Å². The van der Waals surface area contributed by atoms with Gasteiger partial charge in [0, 0.05) is 27.1 Å². The van der Waals surface area contributed by atoms with Gasteiger partial charge in [-0.25, -0.2) is 4.90 Å². The summed E-state index contributed by atoms with van der Waals surface area (Å²) in [4.78, 5) is 55.3. The second-order valence-corrected chi connectivity index (χ2v) is 12.6. The number of benzene rings is 3. The van der Waals surface area contributed by atoms with Crippen molar-refractivity contribution in [1.29, 1.82) is 0 Å². The van der Waals surface area contributed by atoms with Gasteiger partial charge in [-0.1, -0.05) is 59.0 Å². The fourth-order valence-electron chi connectivity index (χ4n) is 5.48. The van der Waals surface area contributed by atoms with Crippen molar-refractivity contribution < 1.29 is 32.3 Å². The van der Waals surface area contributed by atoms with Crippen molar-refractivity contribution in [3.8, 4) is 5.75 Å². The number of nitrogens with zero attached hydrogens (tertiary/aromatic N) is 2. The van der Waals surface area contributed by atoms with Crippen molar-refractivity contribution in [3.05, 3.63) is 103 Å². The average Bonchev–Trinajstić information content (AvgIpc) is 3.43. The second kappa shape index (κ2) is 11.5. The van der Waals surface area contributed by atoms with Crippen LogP contribution in [0.2, 0.25) is 5.02 Å². The quantitative estimate of drug-likeness (QED) is 0.254. The number of nitrogens with one attached hydrogen (secondary N) is 1. The maximum atomic E-state index is 14.0. The van der Waals surface area contributed by atoms with E-state index in [-0.39, 0.29) is 5.69 Å². The number of methoxy groups -OCH3 is 1. The lowest BCUT2D eigenvalue weighted by Crippen LogP contribution is -2.33. The van der Waals surface area contributed by atoms with E-state index in [1.165, 1.54) is 23.8 Å². The van der Waals surface area contributed by atoms with Crippen LogP contribution in [-0.2, 0) is 27.1 Å². The number of para-hydroxylation sites is 1. The van der Waals surface area contributed by atoms with E-state index in [2.05, 4.69) is 5.32 Å². The Bertz CT molecular complexity index is 1860. The number of amides is 3. The fourth-order valence-corrected chi connectivity index (χ4v) is 8.37. The molecule has 0 spiro atoms. The Hall–Kier alpha value is -4.07. The number of thiazole rings is 1. The third-order valence-electron chi connectivity index (χ3n) is 7.38. The van der Waals surface area contributed by atoms with Gasteiger partial charge in [-0.3, -0.25) is 23.7 Å². The predicted molar refractivity (Wildman–Crippen MR) is 161 cm³/mol. The van der Waals surface area contributed by atoms with Gasteiger partial charge in [-0.15, -0.1) is 0 Å². The van der Waals surface area contributed by atoms with Crippen LogP contribution in [0.3, 0.4) is 0 Å². The largest absolute Gasteiger partial charge is 0.496 e. The molecule has 2 aliphatic rings. The SMILES string of the molecule is COc1ccccc1C1c2sc(=O)n(CC(=O)Nc3cccc(C(F)(F)F)c3)c2SC2C(=O)N(c3ccc(Cl)cc3)C(=O)C21. The zero-order valence-electron chi connectivity index (χ0n) is 22.6. The molecule has 1 N–H and O–H groups in total. The number of hydrogen-bond donors (Lipinski definition) is 1. The molecule has 0 saturated carbocycles. The molecule has 3 atom stereocenters. The highest BCUT2D eigenvalue weighted by molar-refractivity contribution is 8.00. The van der Waals surface area contributed by atoms with Crippen LogP contribution in [0.5, 0.6) is 5.75 Å². The van der Waals surface area contributed by atoms with Crippen molar-refractivity contribution in [2.45, 2.75) is 28.9 Å². The molecule has 44 heavy (non-hydrogen) atoms. The zero-order chi connectivity index (χ0) is 31.3. The Labute approximate surface area is 261 Å². The van der Waals surface area contributed by atoms with E-state index < -0.39 is 58.0 Å². The summed E-state index contributed by atoms with van der Waals surface area (Å²) in [7, 11) is 1.47. The molecule has 0 radical (unpaired) electrons. The number of halogens is 4. The minimum Gasteiger partial charge on any atom is -0.496 e. The summed E-state index contributed by atoms with van der Waals surface area (Å²) in [6.45, 7) is -0.521. The topological polar surface area (TPSA) is 97.7 Å². The van der Waals surface area contributed by atoms with E-state index >= 15 is 0 Å². The maximum absolute atomic E-state index is 14.0. The second-order valence-electron chi connectivity index (χ2n) is 10.0. The highest BCUT2D eigenvalue weighted by Crippen LogP contribution is 2.55. The summed E-state index contributed by atoms with van der Waals surface area (Å²) < 4.78 is 46.3. The van der Waals surface area contributed by atoms with Crippen LogP contribution in [0.15, 0.2) is 82.6 Å². The van der Waals surface area contributed by atoms with Crippen molar-refractivity contribution in [3.63, 3.8) is 0 Å². The van der Waals surface area contributed by atoms with Crippen LogP contribution in [-0.4, -0.2) is 34.6 Å². The monoisotopic (exact) mass is 659 g/mol. The number of carbonyl (C=O) groups is 3. The lowest BCUT2D eigenvalue weighted by atomic mass is 9.82. The van der Waals surface area contributed by atoms with Crippen LogP contribution in [0.4, 0.5) is 24.5 Å². The van der Waals surface area contributed by atoms with Gasteiger partial charge >= 0.3 is 11.0 Å². The van der Waals surface area contributed by atoms with E-state index in [0.717, 1.165) is 40.1 Å². The number of ether oxygens (including phenoxy) is 1. The minimum atomic E-state index is -4.60. The molecule has 4 aromatic rings. The van der Waals surface area contributed by atoms with Gasteiger partial charge in [0.1, 0.15) is 17.5 Å². The van der Waals surface area contributed by atoms with Gasteiger partial charge < -0.3 is 10.1 Å². The number of fused-ring (bicyclic) bond motifs is 2. The van der Waals surface area contributed by atoms with Crippen LogP contribution in [0.25, 0.3) is 0 Å². The minimum absolute atomic E-state index is 0.0863. The van der Waals surface area contributed by atoms with Crippen LogP contribution < -0.4 is 19.8 Å². The number of imide groups is 1. The number of aromatic nitrogens is 1. The number of hydrogen-bond acceptors (Lipinski definition) is 7. The molecule has 2 aliphatic heterocycles. The number of rotatable bonds is 6. The molecular formula is C30H21ClF3N3O5S2. The first kappa shape index (κ1) is 30.0. The fraction of sp³-hybridized carbons (Fsp3) is 0.200. The maximum Gasteiger partial charge on any atom is 0.416 e. The Kier molecular flexibility index (Phi) is 7.80. The molecule has 3 unspecified atom stereocenters. The van der Waals surface area contributed by atoms with Gasteiger partial charge in [0.25, 0.3) is 0 Å². The Balaban J connectivity index is 1.40. The molecule has 1 saturated heterocycles.